The van der Waals surface area contributed by atoms with Crippen molar-refractivity contribution in [1.82, 2.24) is 0 Å². The Labute approximate surface area is 129 Å². The summed E-state index contributed by atoms with van der Waals surface area (Å²) >= 11 is 1.44. The zero-order valence-corrected chi connectivity index (χ0v) is 12.1. The summed E-state index contributed by atoms with van der Waals surface area (Å²) in [6.45, 7) is 0. The van der Waals surface area contributed by atoms with Crippen LogP contribution in [0, 0.1) is 32.7 Å². The largest absolute Gasteiger partial charge is 0.322 e. The van der Waals surface area contributed by atoms with Crippen LogP contribution in [-0.2, 0) is 0 Å². The number of rotatable bonds is 2. The molecular weight excluding hydrogens is 408 g/mol. The van der Waals surface area contributed by atoms with E-state index in [1.54, 1.807) is 0 Å². The first kappa shape index (κ1) is 15.7. The summed E-state index contributed by atoms with van der Waals surface area (Å²) in [4.78, 5) is 11.7. The molecule has 0 aromatic heterocycles. The molecule has 2 rings (SSSR count). The van der Waals surface area contributed by atoms with Crippen molar-refractivity contribution in [2.24, 2.45) is 0 Å². The molecule has 0 bridgehead atoms. The second-order valence-electron chi connectivity index (χ2n) is 3.96. The zero-order chi connectivity index (χ0) is 15.7. The van der Waals surface area contributed by atoms with Crippen LogP contribution in [0.25, 0.3) is 0 Å². The van der Waals surface area contributed by atoms with E-state index in [1.165, 1.54) is 22.6 Å². The third-order valence-electron chi connectivity index (χ3n) is 2.49. The van der Waals surface area contributed by atoms with Crippen molar-refractivity contribution < 1.29 is 26.7 Å². The fraction of sp³-hybridized carbons (Fsp3) is 0. The molecule has 0 saturated carbocycles. The zero-order valence-electron chi connectivity index (χ0n) is 9.99. The Hall–Kier alpha value is -1.71. The van der Waals surface area contributed by atoms with Crippen LogP contribution in [0.4, 0.5) is 27.6 Å². The lowest BCUT2D eigenvalue weighted by atomic mass is 10.2. The molecule has 8 heteroatoms. The van der Waals surface area contributed by atoms with E-state index in [-0.39, 0.29) is 9.26 Å². The number of hydrogen-bond donors (Lipinski definition) is 1. The maximum atomic E-state index is 13.3. The fourth-order valence-electron chi connectivity index (χ4n) is 1.52. The minimum atomic E-state index is -1.71. The number of carbonyl (C=O) groups excluding carboxylic acids is 1. The summed E-state index contributed by atoms with van der Waals surface area (Å²) < 4.78 is 65.1. The van der Waals surface area contributed by atoms with E-state index in [1.807, 2.05) is 0 Å². The molecule has 0 fully saturated rings. The Morgan fingerprint density at radius 2 is 1.33 bits per heavy atom. The monoisotopic (exact) mass is 413 g/mol. The molecule has 0 aliphatic heterocycles. The number of halogens is 6. The first-order chi connectivity index (χ1) is 9.79. The predicted octanol–water partition coefficient (Wildman–Crippen LogP) is 4.24. The molecule has 0 atom stereocenters. The van der Waals surface area contributed by atoms with E-state index >= 15 is 0 Å². The second kappa shape index (κ2) is 5.96. The van der Waals surface area contributed by atoms with Crippen LogP contribution in [0.5, 0.6) is 0 Å². The van der Waals surface area contributed by atoms with Gasteiger partial charge in [-0.05, 0) is 46.9 Å². The standard InChI is InChI=1S/C13H5F5INO/c14-7-1-5(2-8(15)11(7)18)13(21)20-6-3-9(16)12(19)10(17)4-6/h1-4H,(H,20,21). The highest BCUT2D eigenvalue weighted by Gasteiger charge is 2.16. The van der Waals surface area contributed by atoms with Crippen molar-refractivity contribution in [3.63, 3.8) is 0 Å². The molecular formula is C13H5F5INO. The van der Waals surface area contributed by atoms with Gasteiger partial charge in [0.05, 0.1) is 3.57 Å². The van der Waals surface area contributed by atoms with Gasteiger partial charge < -0.3 is 5.32 Å². The van der Waals surface area contributed by atoms with Gasteiger partial charge in [-0.3, -0.25) is 4.79 Å². The molecule has 2 nitrogen and oxygen atoms in total. The maximum Gasteiger partial charge on any atom is 0.255 e. The third-order valence-corrected chi connectivity index (χ3v) is 3.52. The molecule has 0 aliphatic rings. The highest BCUT2D eigenvalue weighted by molar-refractivity contribution is 14.1. The van der Waals surface area contributed by atoms with Crippen molar-refractivity contribution in [3.05, 3.63) is 62.5 Å². The van der Waals surface area contributed by atoms with Gasteiger partial charge in [0.2, 0.25) is 0 Å². The summed E-state index contributed by atoms with van der Waals surface area (Å²) in [6, 6.07) is 2.65. The van der Waals surface area contributed by atoms with Crippen LogP contribution in [0.2, 0.25) is 0 Å². The third kappa shape index (κ3) is 3.31. The highest BCUT2D eigenvalue weighted by atomic mass is 127. The number of carbonyl (C=O) groups is 1. The van der Waals surface area contributed by atoms with Crippen molar-refractivity contribution >= 4 is 34.2 Å². The van der Waals surface area contributed by atoms with Gasteiger partial charge >= 0.3 is 0 Å². The minimum absolute atomic E-state index is 0.236. The van der Waals surface area contributed by atoms with E-state index in [0.717, 1.165) is 12.1 Å². The molecule has 1 amide bonds. The average molecular weight is 413 g/mol. The van der Waals surface area contributed by atoms with E-state index in [9.17, 15) is 26.7 Å². The molecule has 21 heavy (non-hydrogen) atoms. The van der Waals surface area contributed by atoms with Crippen molar-refractivity contribution in [1.29, 1.82) is 0 Å². The minimum Gasteiger partial charge on any atom is -0.322 e. The Bertz CT molecular complexity index is 688. The topological polar surface area (TPSA) is 29.1 Å². The molecule has 0 radical (unpaired) electrons. The first-order valence-corrected chi connectivity index (χ1v) is 6.48. The van der Waals surface area contributed by atoms with E-state index in [4.69, 9.17) is 0 Å². The summed E-state index contributed by atoms with van der Waals surface area (Å²) in [7, 11) is 0. The molecule has 0 unspecified atom stereocenters. The summed E-state index contributed by atoms with van der Waals surface area (Å²) in [5, 5.41) is 2.06. The van der Waals surface area contributed by atoms with Crippen LogP contribution in [0.1, 0.15) is 10.4 Å². The van der Waals surface area contributed by atoms with E-state index < -0.39 is 40.6 Å². The van der Waals surface area contributed by atoms with Gasteiger partial charge in [0, 0.05) is 11.3 Å². The molecule has 0 saturated heterocycles. The van der Waals surface area contributed by atoms with E-state index in [0.29, 0.717) is 12.1 Å². The number of anilines is 1. The molecule has 1 N–H and O–H groups in total. The van der Waals surface area contributed by atoms with Gasteiger partial charge in [0.25, 0.3) is 5.91 Å². The van der Waals surface area contributed by atoms with Crippen LogP contribution >= 0.6 is 22.6 Å². The molecule has 0 heterocycles. The van der Waals surface area contributed by atoms with Gasteiger partial charge in [-0.1, -0.05) is 0 Å². The van der Waals surface area contributed by atoms with Crippen LogP contribution in [0.15, 0.2) is 24.3 Å². The number of hydrogen-bond acceptors (Lipinski definition) is 1. The molecule has 2 aromatic rings. The Balaban J connectivity index is 2.30. The van der Waals surface area contributed by atoms with Crippen molar-refractivity contribution in [2.45, 2.75) is 0 Å². The summed E-state index contributed by atoms with van der Waals surface area (Å²) in [6.07, 6.45) is 0. The molecule has 110 valence electrons. The quantitative estimate of drug-likeness (QED) is 0.446. The van der Waals surface area contributed by atoms with Crippen LogP contribution < -0.4 is 5.32 Å². The Morgan fingerprint density at radius 3 is 1.81 bits per heavy atom. The lowest BCUT2D eigenvalue weighted by molar-refractivity contribution is 0.102. The Kier molecular flexibility index (Phi) is 4.45. The number of amides is 1. The lowest BCUT2D eigenvalue weighted by Crippen LogP contribution is -2.14. The molecule has 0 spiro atoms. The van der Waals surface area contributed by atoms with Gasteiger partial charge in [0.15, 0.2) is 17.5 Å². The normalized spacial score (nSPS) is 10.6. The Morgan fingerprint density at radius 1 is 0.857 bits per heavy atom. The van der Waals surface area contributed by atoms with Gasteiger partial charge in [-0.2, -0.15) is 0 Å². The fourth-order valence-corrected chi connectivity index (χ4v) is 1.83. The molecule has 2 aromatic carbocycles. The van der Waals surface area contributed by atoms with Gasteiger partial charge in [0.1, 0.15) is 11.6 Å². The highest BCUT2D eigenvalue weighted by Crippen LogP contribution is 2.21. The van der Waals surface area contributed by atoms with Gasteiger partial charge in [-0.25, -0.2) is 22.0 Å². The SMILES string of the molecule is O=C(Nc1cc(F)c(I)c(F)c1)c1cc(F)c(F)c(F)c1. The lowest BCUT2D eigenvalue weighted by Gasteiger charge is -2.07. The molecule has 0 aliphatic carbocycles. The van der Waals surface area contributed by atoms with E-state index in [2.05, 4.69) is 5.32 Å². The van der Waals surface area contributed by atoms with Crippen LogP contribution in [0.3, 0.4) is 0 Å². The first-order valence-electron chi connectivity index (χ1n) is 5.40. The predicted molar refractivity (Wildman–Crippen MR) is 73.3 cm³/mol. The second-order valence-corrected chi connectivity index (χ2v) is 5.04. The maximum absolute atomic E-state index is 13.3. The number of nitrogens with one attached hydrogen (secondary N) is 1. The van der Waals surface area contributed by atoms with Crippen molar-refractivity contribution in [3.8, 4) is 0 Å². The summed E-state index contributed by atoms with van der Waals surface area (Å²) in [5.41, 5.74) is -0.758. The smallest absolute Gasteiger partial charge is 0.255 e. The van der Waals surface area contributed by atoms with Crippen LogP contribution in [-0.4, -0.2) is 5.91 Å². The van der Waals surface area contributed by atoms with Gasteiger partial charge in [-0.15, -0.1) is 0 Å². The van der Waals surface area contributed by atoms with Crippen molar-refractivity contribution in [2.75, 3.05) is 5.32 Å². The number of benzene rings is 2. The average Bonchev–Trinajstić information content (AvgIpc) is 2.41. The summed E-state index contributed by atoms with van der Waals surface area (Å²) in [5.74, 6) is -7.63.